The number of hydrogen-bond acceptors (Lipinski definition) is 5. The van der Waals surface area contributed by atoms with E-state index < -0.39 is 0 Å². The highest BCUT2D eigenvalue weighted by atomic mass is 127. The van der Waals surface area contributed by atoms with Crippen LogP contribution in [-0.4, -0.2) is 81.3 Å². The van der Waals surface area contributed by atoms with E-state index in [4.69, 9.17) is 14.5 Å². The van der Waals surface area contributed by atoms with E-state index in [0.717, 1.165) is 75.4 Å². The van der Waals surface area contributed by atoms with E-state index in [-0.39, 0.29) is 29.5 Å². The largest absolute Gasteiger partial charge is 0.497 e. The summed E-state index contributed by atoms with van der Waals surface area (Å²) in [6.07, 6.45) is 0. The third kappa shape index (κ3) is 8.85. The summed E-state index contributed by atoms with van der Waals surface area (Å²) in [5, 5.41) is 6.93. The van der Waals surface area contributed by atoms with Crippen molar-refractivity contribution in [1.29, 1.82) is 0 Å². The van der Waals surface area contributed by atoms with Gasteiger partial charge in [-0.1, -0.05) is 0 Å². The minimum absolute atomic E-state index is 0. The average molecular weight is 533 g/mol. The Morgan fingerprint density at radius 1 is 1.10 bits per heavy atom. The normalized spacial score (nSPS) is 15.5. The van der Waals surface area contributed by atoms with Crippen LogP contribution >= 0.6 is 24.0 Å². The number of benzene rings is 1. The lowest BCUT2D eigenvalue weighted by Gasteiger charge is -2.36. The van der Waals surface area contributed by atoms with Crippen LogP contribution in [0.25, 0.3) is 0 Å². The van der Waals surface area contributed by atoms with E-state index in [9.17, 15) is 0 Å². The molecule has 1 saturated heterocycles. The van der Waals surface area contributed by atoms with Gasteiger partial charge in [0.25, 0.3) is 0 Å². The molecular weight excluding hydrogens is 493 g/mol. The molecule has 1 aromatic carbocycles. The SMILES string of the molecule is CCNC(=NCCNC(C)(C)C)N1CCN(Cc2cc(OC)ccc2OC)CC1.I. The number of ether oxygens (including phenoxy) is 2. The maximum atomic E-state index is 5.53. The predicted molar refractivity (Wildman–Crippen MR) is 136 cm³/mol. The zero-order valence-corrected chi connectivity index (χ0v) is 21.8. The van der Waals surface area contributed by atoms with Gasteiger partial charge in [0, 0.05) is 56.9 Å². The van der Waals surface area contributed by atoms with Gasteiger partial charge in [0.2, 0.25) is 0 Å². The van der Waals surface area contributed by atoms with Crippen molar-refractivity contribution in [1.82, 2.24) is 20.4 Å². The highest BCUT2D eigenvalue weighted by molar-refractivity contribution is 14.0. The maximum Gasteiger partial charge on any atom is 0.194 e. The Labute approximate surface area is 199 Å². The molecule has 2 N–H and O–H groups in total. The summed E-state index contributed by atoms with van der Waals surface area (Å²) in [6.45, 7) is 16.0. The number of guanidine groups is 1. The van der Waals surface area contributed by atoms with Crippen LogP contribution in [0, 0.1) is 0 Å². The van der Waals surface area contributed by atoms with Crippen molar-refractivity contribution < 1.29 is 9.47 Å². The molecule has 0 saturated carbocycles. The van der Waals surface area contributed by atoms with Gasteiger partial charge in [-0.2, -0.15) is 0 Å². The van der Waals surface area contributed by atoms with E-state index in [1.807, 2.05) is 12.1 Å². The molecule has 0 radical (unpaired) electrons. The van der Waals surface area contributed by atoms with Crippen molar-refractivity contribution >= 4 is 29.9 Å². The molecule has 2 rings (SSSR count). The third-order valence-electron chi connectivity index (χ3n) is 4.92. The van der Waals surface area contributed by atoms with Crippen LogP contribution in [0.5, 0.6) is 11.5 Å². The number of hydrogen-bond donors (Lipinski definition) is 2. The molecule has 172 valence electrons. The average Bonchev–Trinajstić information content (AvgIpc) is 2.70. The van der Waals surface area contributed by atoms with Crippen LogP contribution in [0.3, 0.4) is 0 Å². The molecule has 1 heterocycles. The smallest absolute Gasteiger partial charge is 0.194 e. The molecule has 0 atom stereocenters. The highest BCUT2D eigenvalue weighted by Gasteiger charge is 2.21. The summed E-state index contributed by atoms with van der Waals surface area (Å²) in [6, 6.07) is 5.98. The monoisotopic (exact) mass is 533 g/mol. The van der Waals surface area contributed by atoms with E-state index in [1.54, 1.807) is 14.2 Å². The Hall–Kier alpha value is -1.26. The lowest BCUT2D eigenvalue weighted by Crippen LogP contribution is -2.52. The predicted octanol–water partition coefficient (Wildman–Crippen LogP) is 2.79. The van der Waals surface area contributed by atoms with Gasteiger partial charge in [0.05, 0.1) is 20.8 Å². The van der Waals surface area contributed by atoms with Crippen LogP contribution in [0.1, 0.15) is 33.3 Å². The number of rotatable bonds is 8. The first-order valence-electron chi connectivity index (χ1n) is 10.6. The molecule has 1 fully saturated rings. The second kappa shape index (κ2) is 13.2. The molecule has 0 unspecified atom stereocenters. The van der Waals surface area contributed by atoms with Gasteiger partial charge in [-0.15, -0.1) is 24.0 Å². The lowest BCUT2D eigenvalue weighted by atomic mass is 10.1. The quantitative estimate of drug-likeness (QED) is 0.232. The Kier molecular flexibility index (Phi) is 11.8. The topological polar surface area (TPSA) is 61.4 Å². The number of aliphatic imine (C=N–C) groups is 1. The molecule has 0 spiro atoms. The van der Waals surface area contributed by atoms with Gasteiger partial charge in [-0.3, -0.25) is 9.89 Å². The molecule has 8 heteroatoms. The van der Waals surface area contributed by atoms with E-state index >= 15 is 0 Å². The first-order chi connectivity index (χ1) is 13.9. The third-order valence-corrected chi connectivity index (χ3v) is 4.92. The number of halogens is 1. The maximum absolute atomic E-state index is 5.53. The van der Waals surface area contributed by atoms with Crippen LogP contribution in [0.15, 0.2) is 23.2 Å². The second-order valence-corrected chi connectivity index (χ2v) is 8.35. The summed E-state index contributed by atoms with van der Waals surface area (Å²) in [4.78, 5) is 9.63. The van der Waals surface area contributed by atoms with Crippen molar-refractivity contribution in [2.75, 3.05) is 60.0 Å². The van der Waals surface area contributed by atoms with Crippen molar-refractivity contribution in [3.63, 3.8) is 0 Å². The Morgan fingerprint density at radius 3 is 2.37 bits per heavy atom. The van der Waals surface area contributed by atoms with Crippen LogP contribution in [0.2, 0.25) is 0 Å². The first-order valence-corrected chi connectivity index (χ1v) is 10.6. The van der Waals surface area contributed by atoms with Gasteiger partial charge >= 0.3 is 0 Å². The van der Waals surface area contributed by atoms with Gasteiger partial charge in [-0.25, -0.2) is 0 Å². The van der Waals surface area contributed by atoms with Crippen LogP contribution in [-0.2, 0) is 6.54 Å². The standard InChI is InChI=1S/C22H39N5O2.HI/c1-7-23-21(24-10-11-25-22(2,3)4)27-14-12-26(13-15-27)17-18-16-19(28-5)8-9-20(18)29-6;/h8-9,16,25H,7,10-15,17H2,1-6H3,(H,23,24);1H. The van der Waals surface area contributed by atoms with E-state index in [0.29, 0.717) is 0 Å². The van der Waals surface area contributed by atoms with Crippen molar-refractivity contribution in [3.05, 3.63) is 23.8 Å². The number of piperazine rings is 1. The van der Waals surface area contributed by atoms with Crippen molar-refractivity contribution in [2.45, 2.75) is 39.8 Å². The number of nitrogens with one attached hydrogen (secondary N) is 2. The van der Waals surface area contributed by atoms with Gasteiger partial charge in [0.1, 0.15) is 11.5 Å². The molecule has 7 nitrogen and oxygen atoms in total. The van der Waals surface area contributed by atoms with Crippen LogP contribution < -0.4 is 20.1 Å². The molecule has 0 bridgehead atoms. The molecule has 0 amide bonds. The lowest BCUT2D eigenvalue weighted by molar-refractivity contribution is 0.171. The minimum Gasteiger partial charge on any atom is -0.497 e. The molecule has 0 aliphatic carbocycles. The molecular formula is C22H40IN5O2. The zero-order chi connectivity index (χ0) is 21.3. The molecule has 0 aromatic heterocycles. The van der Waals surface area contributed by atoms with E-state index in [2.05, 4.69) is 54.2 Å². The fourth-order valence-electron chi connectivity index (χ4n) is 3.38. The van der Waals surface area contributed by atoms with Crippen molar-refractivity contribution in [2.24, 2.45) is 4.99 Å². The summed E-state index contributed by atoms with van der Waals surface area (Å²) >= 11 is 0. The Morgan fingerprint density at radius 2 is 1.80 bits per heavy atom. The fourth-order valence-corrected chi connectivity index (χ4v) is 3.38. The summed E-state index contributed by atoms with van der Waals surface area (Å²) < 4.78 is 10.9. The highest BCUT2D eigenvalue weighted by Crippen LogP contribution is 2.25. The van der Waals surface area contributed by atoms with Crippen LogP contribution in [0.4, 0.5) is 0 Å². The van der Waals surface area contributed by atoms with Gasteiger partial charge in [-0.05, 0) is 45.9 Å². The summed E-state index contributed by atoms with van der Waals surface area (Å²) in [7, 11) is 3.42. The zero-order valence-electron chi connectivity index (χ0n) is 19.5. The van der Waals surface area contributed by atoms with Gasteiger partial charge in [0.15, 0.2) is 5.96 Å². The second-order valence-electron chi connectivity index (χ2n) is 8.35. The van der Waals surface area contributed by atoms with Gasteiger partial charge < -0.3 is 25.0 Å². The molecule has 1 aromatic rings. The Balaban J connectivity index is 0.00000450. The first kappa shape index (κ1) is 26.8. The molecule has 1 aliphatic rings. The molecule has 30 heavy (non-hydrogen) atoms. The number of nitrogens with zero attached hydrogens (tertiary/aromatic N) is 3. The summed E-state index contributed by atoms with van der Waals surface area (Å²) in [5.74, 6) is 2.79. The summed E-state index contributed by atoms with van der Waals surface area (Å²) in [5.41, 5.74) is 1.29. The number of methoxy groups -OCH3 is 2. The van der Waals surface area contributed by atoms with Crippen molar-refractivity contribution in [3.8, 4) is 11.5 Å². The Bertz CT molecular complexity index is 655. The van der Waals surface area contributed by atoms with E-state index in [1.165, 1.54) is 0 Å². The minimum atomic E-state index is 0. The fraction of sp³-hybridized carbons (Fsp3) is 0.682. The molecule has 1 aliphatic heterocycles.